The van der Waals surface area contributed by atoms with Gasteiger partial charge in [0.05, 0.1) is 6.61 Å². The Bertz CT molecular complexity index is 858. The third kappa shape index (κ3) is 4.73. The zero-order chi connectivity index (χ0) is 20.8. The molecular formula is C25H32N4O. The zero-order valence-electron chi connectivity index (χ0n) is 17.9. The first-order valence-electron chi connectivity index (χ1n) is 11.2. The van der Waals surface area contributed by atoms with E-state index < -0.39 is 0 Å². The van der Waals surface area contributed by atoms with Crippen LogP contribution >= 0.6 is 0 Å². The molecule has 30 heavy (non-hydrogen) atoms. The van der Waals surface area contributed by atoms with Gasteiger partial charge in [0.15, 0.2) is 0 Å². The van der Waals surface area contributed by atoms with Gasteiger partial charge in [0.2, 0.25) is 0 Å². The van der Waals surface area contributed by atoms with Crippen molar-refractivity contribution in [2.75, 3.05) is 26.2 Å². The Morgan fingerprint density at radius 1 is 1.10 bits per heavy atom. The Kier molecular flexibility index (Phi) is 7.11. The lowest BCUT2D eigenvalue weighted by Crippen LogP contribution is -2.67. The third-order valence-electron chi connectivity index (χ3n) is 6.38. The highest BCUT2D eigenvalue weighted by molar-refractivity contribution is 5.39. The van der Waals surface area contributed by atoms with Gasteiger partial charge in [-0.2, -0.15) is 0 Å². The lowest BCUT2D eigenvalue weighted by atomic mass is 9.74. The van der Waals surface area contributed by atoms with E-state index in [1.54, 1.807) is 6.33 Å². The number of fused-ring (bicyclic) bond motifs is 1. The van der Waals surface area contributed by atoms with Crippen LogP contribution in [-0.4, -0.2) is 63.2 Å². The quantitative estimate of drug-likeness (QED) is 0.777. The van der Waals surface area contributed by atoms with E-state index in [1.165, 1.54) is 18.4 Å². The van der Waals surface area contributed by atoms with Gasteiger partial charge in [0.1, 0.15) is 6.33 Å². The SMILES string of the molecule is CCCC#Cc1ccc([C@@H]2[C@H](CO)N3CCCCN(Cc4cncnc4)C[C@@H]23)cc1. The van der Waals surface area contributed by atoms with Crippen molar-refractivity contribution in [2.45, 2.75) is 57.2 Å². The van der Waals surface area contributed by atoms with Gasteiger partial charge in [-0.25, -0.2) is 9.97 Å². The summed E-state index contributed by atoms with van der Waals surface area (Å²) in [5.74, 6) is 6.84. The standard InChI is InChI=1S/C25H32N4O/c1-2-3-4-7-20-8-10-22(11-9-20)25-23-17-28(16-21-14-26-19-27-15-21)12-5-6-13-29(23)24(25)18-30/h8-11,14-15,19,23-25,30H,2-3,5-6,12-13,16-18H2,1H3/t23-,24-,25-/m0/s1. The van der Waals surface area contributed by atoms with Crippen LogP contribution < -0.4 is 0 Å². The Balaban J connectivity index is 1.50. The predicted molar refractivity (Wildman–Crippen MR) is 119 cm³/mol. The molecular weight excluding hydrogens is 372 g/mol. The van der Waals surface area contributed by atoms with Crippen LogP contribution in [0.25, 0.3) is 0 Å². The number of hydrogen-bond donors (Lipinski definition) is 1. The fourth-order valence-corrected chi connectivity index (χ4v) is 4.90. The second-order valence-electron chi connectivity index (χ2n) is 8.44. The maximum Gasteiger partial charge on any atom is 0.115 e. The summed E-state index contributed by atoms with van der Waals surface area (Å²) in [5.41, 5.74) is 3.56. The van der Waals surface area contributed by atoms with Crippen molar-refractivity contribution in [3.8, 4) is 11.8 Å². The summed E-state index contributed by atoms with van der Waals surface area (Å²) >= 11 is 0. The van der Waals surface area contributed by atoms with Crippen LogP contribution in [0, 0.1) is 11.8 Å². The molecule has 2 aliphatic rings. The van der Waals surface area contributed by atoms with Crippen molar-refractivity contribution < 1.29 is 5.11 Å². The molecule has 2 saturated heterocycles. The molecule has 0 unspecified atom stereocenters. The van der Waals surface area contributed by atoms with Crippen LogP contribution in [-0.2, 0) is 6.54 Å². The molecule has 2 aliphatic heterocycles. The van der Waals surface area contributed by atoms with Crippen LogP contribution in [0.5, 0.6) is 0 Å². The van der Waals surface area contributed by atoms with Gasteiger partial charge in [0.25, 0.3) is 0 Å². The maximum absolute atomic E-state index is 10.1. The van der Waals surface area contributed by atoms with Crippen molar-refractivity contribution >= 4 is 0 Å². The van der Waals surface area contributed by atoms with Crippen LogP contribution in [0.2, 0.25) is 0 Å². The molecule has 1 aromatic carbocycles. The van der Waals surface area contributed by atoms with Crippen molar-refractivity contribution in [1.82, 2.24) is 19.8 Å². The second kappa shape index (κ2) is 10.2. The van der Waals surface area contributed by atoms with E-state index in [0.717, 1.165) is 50.1 Å². The number of benzene rings is 1. The monoisotopic (exact) mass is 404 g/mol. The molecule has 0 spiro atoms. The smallest absolute Gasteiger partial charge is 0.115 e. The number of aliphatic hydroxyl groups is 1. The number of aromatic nitrogens is 2. The first kappa shape index (κ1) is 21.0. The van der Waals surface area contributed by atoms with E-state index in [4.69, 9.17) is 0 Å². The number of unbranched alkanes of at least 4 members (excludes halogenated alkanes) is 1. The van der Waals surface area contributed by atoms with Crippen molar-refractivity contribution in [3.05, 3.63) is 59.7 Å². The van der Waals surface area contributed by atoms with Gasteiger partial charge < -0.3 is 5.11 Å². The normalized spacial score (nSPS) is 24.7. The summed E-state index contributed by atoms with van der Waals surface area (Å²) in [4.78, 5) is 13.4. The Morgan fingerprint density at radius 3 is 2.60 bits per heavy atom. The number of rotatable bonds is 5. The van der Waals surface area contributed by atoms with Crippen molar-refractivity contribution in [3.63, 3.8) is 0 Å². The Labute approximate surface area is 180 Å². The summed E-state index contributed by atoms with van der Waals surface area (Å²) in [5, 5.41) is 10.1. The van der Waals surface area contributed by atoms with Crippen LogP contribution in [0.4, 0.5) is 0 Å². The predicted octanol–water partition coefficient (Wildman–Crippen LogP) is 3.05. The molecule has 5 nitrogen and oxygen atoms in total. The fourth-order valence-electron chi connectivity index (χ4n) is 4.90. The summed E-state index contributed by atoms with van der Waals surface area (Å²) in [6, 6.07) is 9.36. The highest BCUT2D eigenvalue weighted by Gasteiger charge is 2.48. The van der Waals surface area contributed by atoms with E-state index in [2.05, 4.69) is 62.8 Å². The summed E-state index contributed by atoms with van der Waals surface area (Å²) in [6.07, 6.45) is 9.80. The molecule has 2 aromatic rings. The molecule has 3 atom stereocenters. The van der Waals surface area contributed by atoms with Gasteiger partial charge in [-0.15, -0.1) is 0 Å². The molecule has 1 aromatic heterocycles. The van der Waals surface area contributed by atoms with Gasteiger partial charge in [-0.05, 0) is 50.0 Å². The van der Waals surface area contributed by atoms with E-state index in [-0.39, 0.29) is 12.6 Å². The van der Waals surface area contributed by atoms with E-state index in [1.807, 2.05) is 12.4 Å². The molecule has 158 valence electrons. The second-order valence-corrected chi connectivity index (χ2v) is 8.44. The lowest BCUT2D eigenvalue weighted by Gasteiger charge is -2.57. The zero-order valence-corrected chi connectivity index (χ0v) is 17.9. The fraction of sp³-hybridized carbons (Fsp3) is 0.520. The Hall–Kier alpha value is -2.26. The van der Waals surface area contributed by atoms with E-state index in [0.29, 0.717) is 12.0 Å². The molecule has 0 bridgehead atoms. The van der Waals surface area contributed by atoms with Crippen LogP contribution in [0.15, 0.2) is 43.0 Å². The Morgan fingerprint density at radius 2 is 1.87 bits per heavy atom. The molecule has 3 heterocycles. The lowest BCUT2D eigenvalue weighted by molar-refractivity contribution is -0.0655. The molecule has 0 amide bonds. The molecule has 1 N–H and O–H groups in total. The van der Waals surface area contributed by atoms with Gasteiger partial charge in [0, 0.05) is 61.0 Å². The first-order valence-corrected chi connectivity index (χ1v) is 11.2. The average Bonchev–Trinajstić information content (AvgIpc) is 2.76. The van der Waals surface area contributed by atoms with Crippen molar-refractivity contribution in [2.24, 2.45) is 0 Å². The molecule has 2 fully saturated rings. The maximum atomic E-state index is 10.1. The van der Waals surface area contributed by atoms with Crippen LogP contribution in [0.1, 0.15) is 55.2 Å². The molecule has 0 radical (unpaired) electrons. The highest BCUT2D eigenvalue weighted by atomic mass is 16.3. The first-order chi connectivity index (χ1) is 14.8. The number of aliphatic hydroxyl groups excluding tert-OH is 1. The number of nitrogens with zero attached hydrogens (tertiary/aromatic N) is 4. The van der Waals surface area contributed by atoms with Crippen LogP contribution in [0.3, 0.4) is 0 Å². The van der Waals surface area contributed by atoms with Gasteiger partial charge in [-0.1, -0.05) is 30.9 Å². The van der Waals surface area contributed by atoms with Gasteiger partial charge in [-0.3, -0.25) is 9.80 Å². The number of hydrogen-bond acceptors (Lipinski definition) is 5. The highest BCUT2D eigenvalue weighted by Crippen LogP contribution is 2.42. The molecule has 0 saturated carbocycles. The third-order valence-corrected chi connectivity index (χ3v) is 6.38. The minimum Gasteiger partial charge on any atom is -0.395 e. The minimum absolute atomic E-state index is 0.214. The van der Waals surface area contributed by atoms with Gasteiger partial charge >= 0.3 is 0 Å². The van der Waals surface area contributed by atoms with E-state index in [9.17, 15) is 5.11 Å². The minimum atomic E-state index is 0.214. The average molecular weight is 405 g/mol. The topological polar surface area (TPSA) is 52.5 Å². The largest absolute Gasteiger partial charge is 0.395 e. The molecule has 4 rings (SSSR count). The summed E-state index contributed by atoms with van der Waals surface area (Å²) in [7, 11) is 0. The molecule has 5 heteroatoms. The summed E-state index contributed by atoms with van der Waals surface area (Å²) in [6.45, 7) is 6.43. The van der Waals surface area contributed by atoms with E-state index >= 15 is 0 Å². The molecule has 0 aliphatic carbocycles. The summed E-state index contributed by atoms with van der Waals surface area (Å²) < 4.78 is 0. The van der Waals surface area contributed by atoms with Crippen molar-refractivity contribution in [1.29, 1.82) is 0 Å².